The molecule has 1 aliphatic rings. The van der Waals surface area contributed by atoms with Crippen LogP contribution in [0.4, 0.5) is 0 Å². The van der Waals surface area contributed by atoms with Crippen LogP contribution in [0.2, 0.25) is 5.02 Å². The van der Waals surface area contributed by atoms with Crippen LogP contribution in [0.3, 0.4) is 0 Å². The highest BCUT2D eigenvalue weighted by molar-refractivity contribution is 6.30. The second kappa shape index (κ2) is 7.62. The summed E-state index contributed by atoms with van der Waals surface area (Å²) in [5.41, 5.74) is 3.76. The highest BCUT2D eigenvalue weighted by Gasteiger charge is 2.15. The third-order valence-electron chi connectivity index (χ3n) is 4.22. The Morgan fingerprint density at radius 1 is 1.00 bits per heavy atom. The van der Waals surface area contributed by atoms with Crippen molar-refractivity contribution in [3.05, 3.63) is 70.2 Å². The number of hydrogen-bond acceptors (Lipinski definition) is 3. The SMILES string of the molecule is Cc1ccccc1/C=N/N1CCN(Cc2ccc(Cl)cc2)CC1. The molecule has 0 unspecified atom stereocenters. The van der Waals surface area contributed by atoms with E-state index in [0.29, 0.717) is 0 Å². The van der Waals surface area contributed by atoms with E-state index in [0.717, 1.165) is 37.7 Å². The largest absolute Gasteiger partial charge is 0.295 e. The fraction of sp³-hybridized carbons (Fsp3) is 0.316. The topological polar surface area (TPSA) is 18.8 Å². The van der Waals surface area contributed by atoms with E-state index in [2.05, 4.69) is 58.3 Å². The molecule has 1 saturated heterocycles. The van der Waals surface area contributed by atoms with Crippen molar-refractivity contribution in [1.82, 2.24) is 9.91 Å². The van der Waals surface area contributed by atoms with Crippen LogP contribution < -0.4 is 0 Å². The van der Waals surface area contributed by atoms with E-state index in [1.54, 1.807) is 0 Å². The monoisotopic (exact) mass is 327 g/mol. The standard InChI is InChI=1S/C19H22ClN3/c1-16-4-2-3-5-18(16)14-21-23-12-10-22(11-13-23)15-17-6-8-19(20)9-7-17/h2-9,14H,10-13,15H2,1H3/b21-14+. The quantitative estimate of drug-likeness (QED) is 0.795. The molecule has 0 saturated carbocycles. The van der Waals surface area contributed by atoms with Gasteiger partial charge in [-0.25, -0.2) is 0 Å². The van der Waals surface area contributed by atoms with E-state index in [-0.39, 0.29) is 0 Å². The van der Waals surface area contributed by atoms with Crippen molar-refractivity contribution in [2.24, 2.45) is 5.10 Å². The Hall–Kier alpha value is -1.84. The van der Waals surface area contributed by atoms with Gasteiger partial charge in [-0.1, -0.05) is 48.0 Å². The highest BCUT2D eigenvalue weighted by Crippen LogP contribution is 2.13. The predicted octanol–water partition coefficient (Wildman–Crippen LogP) is 3.80. The third-order valence-corrected chi connectivity index (χ3v) is 4.47. The Balaban J connectivity index is 1.50. The summed E-state index contributed by atoms with van der Waals surface area (Å²) in [5.74, 6) is 0. The summed E-state index contributed by atoms with van der Waals surface area (Å²) >= 11 is 5.93. The van der Waals surface area contributed by atoms with Crippen LogP contribution in [0.25, 0.3) is 0 Å². The number of hydrogen-bond donors (Lipinski definition) is 0. The van der Waals surface area contributed by atoms with Crippen LogP contribution in [0.15, 0.2) is 53.6 Å². The van der Waals surface area contributed by atoms with Gasteiger partial charge in [-0.3, -0.25) is 9.91 Å². The molecule has 0 N–H and O–H groups in total. The van der Waals surface area contributed by atoms with Gasteiger partial charge < -0.3 is 0 Å². The van der Waals surface area contributed by atoms with E-state index in [1.165, 1.54) is 16.7 Å². The maximum absolute atomic E-state index is 5.93. The summed E-state index contributed by atoms with van der Waals surface area (Å²) in [4.78, 5) is 2.46. The van der Waals surface area contributed by atoms with Crippen molar-refractivity contribution in [3.8, 4) is 0 Å². The highest BCUT2D eigenvalue weighted by atomic mass is 35.5. The molecule has 2 aromatic carbocycles. The lowest BCUT2D eigenvalue weighted by Gasteiger charge is -2.33. The van der Waals surface area contributed by atoms with Gasteiger partial charge in [-0.15, -0.1) is 0 Å². The summed E-state index contributed by atoms with van der Waals surface area (Å²) < 4.78 is 0. The van der Waals surface area contributed by atoms with Crippen molar-refractivity contribution < 1.29 is 0 Å². The summed E-state index contributed by atoms with van der Waals surface area (Å²) in [6.07, 6.45) is 1.98. The first-order valence-electron chi connectivity index (χ1n) is 8.02. The molecule has 3 rings (SSSR count). The van der Waals surface area contributed by atoms with Gasteiger partial charge in [0.2, 0.25) is 0 Å². The molecular weight excluding hydrogens is 306 g/mol. The maximum atomic E-state index is 5.93. The number of benzene rings is 2. The molecule has 2 aromatic rings. The molecular formula is C19H22ClN3. The summed E-state index contributed by atoms with van der Waals surface area (Å²) in [6.45, 7) is 7.10. The average Bonchev–Trinajstić information content (AvgIpc) is 2.58. The smallest absolute Gasteiger partial charge is 0.0545 e. The van der Waals surface area contributed by atoms with E-state index >= 15 is 0 Å². The van der Waals surface area contributed by atoms with Gasteiger partial charge in [-0.05, 0) is 35.7 Å². The van der Waals surface area contributed by atoms with Gasteiger partial charge >= 0.3 is 0 Å². The minimum atomic E-state index is 0.795. The van der Waals surface area contributed by atoms with Crippen LogP contribution >= 0.6 is 11.6 Å². The molecule has 1 aliphatic heterocycles. The van der Waals surface area contributed by atoms with Gasteiger partial charge in [0.15, 0.2) is 0 Å². The van der Waals surface area contributed by atoms with Gasteiger partial charge in [-0.2, -0.15) is 5.10 Å². The molecule has 0 bridgehead atoms. The first kappa shape index (κ1) is 16.0. The molecule has 1 heterocycles. The normalized spacial score (nSPS) is 16.2. The Morgan fingerprint density at radius 2 is 1.70 bits per heavy atom. The molecule has 0 spiro atoms. The average molecular weight is 328 g/mol. The van der Waals surface area contributed by atoms with E-state index in [4.69, 9.17) is 11.6 Å². The lowest BCUT2D eigenvalue weighted by molar-refractivity contribution is 0.131. The molecule has 0 aliphatic carbocycles. The minimum Gasteiger partial charge on any atom is -0.295 e. The Bertz CT molecular complexity index is 659. The first-order chi connectivity index (χ1) is 11.2. The van der Waals surface area contributed by atoms with Crippen LogP contribution in [0, 0.1) is 6.92 Å². The third kappa shape index (κ3) is 4.57. The number of rotatable bonds is 4. The number of piperazine rings is 1. The van der Waals surface area contributed by atoms with E-state index in [1.807, 2.05) is 18.3 Å². The van der Waals surface area contributed by atoms with Crippen molar-refractivity contribution >= 4 is 17.8 Å². The van der Waals surface area contributed by atoms with E-state index < -0.39 is 0 Å². The summed E-state index contributed by atoms with van der Waals surface area (Å²) in [7, 11) is 0. The fourth-order valence-corrected chi connectivity index (χ4v) is 2.86. The van der Waals surface area contributed by atoms with Crippen molar-refractivity contribution in [3.63, 3.8) is 0 Å². The number of hydrazone groups is 1. The lowest BCUT2D eigenvalue weighted by Crippen LogP contribution is -2.43. The zero-order valence-corrected chi connectivity index (χ0v) is 14.2. The molecule has 0 atom stereocenters. The van der Waals surface area contributed by atoms with Crippen molar-refractivity contribution in [1.29, 1.82) is 0 Å². The zero-order valence-electron chi connectivity index (χ0n) is 13.5. The number of halogens is 1. The maximum Gasteiger partial charge on any atom is 0.0545 e. The van der Waals surface area contributed by atoms with Crippen LogP contribution in [0.5, 0.6) is 0 Å². The molecule has 120 valence electrons. The van der Waals surface area contributed by atoms with Crippen LogP contribution in [0.1, 0.15) is 16.7 Å². The van der Waals surface area contributed by atoms with Crippen LogP contribution in [-0.4, -0.2) is 42.3 Å². The Labute approximate surface area is 143 Å². The molecule has 0 aromatic heterocycles. The molecule has 1 fully saturated rings. The van der Waals surface area contributed by atoms with Gasteiger partial charge in [0.1, 0.15) is 0 Å². The first-order valence-corrected chi connectivity index (χ1v) is 8.40. The van der Waals surface area contributed by atoms with Gasteiger partial charge in [0.25, 0.3) is 0 Å². The van der Waals surface area contributed by atoms with Gasteiger partial charge in [0.05, 0.1) is 6.21 Å². The zero-order chi connectivity index (χ0) is 16.1. The molecule has 23 heavy (non-hydrogen) atoms. The Kier molecular flexibility index (Phi) is 5.31. The lowest BCUT2D eigenvalue weighted by atomic mass is 10.1. The molecule has 3 nitrogen and oxygen atoms in total. The number of aryl methyl sites for hydroxylation is 1. The molecule has 4 heteroatoms. The van der Waals surface area contributed by atoms with Crippen molar-refractivity contribution in [2.45, 2.75) is 13.5 Å². The summed E-state index contributed by atoms with van der Waals surface area (Å²) in [5, 5.41) is 7.58. The molecule has 0 amide bonds. The van der Waals surface area contributed by atoms with Crippen molar-refractivity contribution in [2.75, 3.05) is 26.2 Å². The second-order valence-corrected chi connectivity index (χ2v) is 6.39. The number of nitrogens with zero attached hydrogens (tertiary/aromatic N) is 3. The van der Waals surface area contributed by atoms with Crippen LogP contribution in [-0.2, 0) is 6.54 Å². The second-order valence-electron chi connectivity index (χ2n) is 5.96. The predicted molar refractivity (Wildman–Crippen MR) is 97.1 cm³/mol. The fourth-order valence-electron chi connectivity index (χ4n) is 2.73. The van der Waals surface area contributed by atoms with Gasteiger partial charge in [0, 0.05) is 37.7 Å². The van der Waals surface area contributed by atoms with E-state index in [9.17, 15) is 0 Å². The minimum absolute atomic E-state index is 0.795. The molecule has 0 radical (unpaired) electrons. The summed E-state index contributed by atoms with van der Waals surface area (Å²) in [6, 6.07) is 16.5. The Morgan fingerprint density at radius 3 is 2.39 bits per heavy atom.